The van der Waals surface area contributed by atoms with E-state index in [-0.39, 0.29) is 23.8 Å². The number of halogens is 3. The molecule has 3 aromatic rings. The van der Waals surface area contributed by atoms with Gasteiger partial charge in [0.1, 0.15) is 12.4 Å². The van der Waals surface area contributed by atoms with Gasteiger partial charge >= 0.3 is 0 Å². The molecule has 1 heterocycles. The monoisotopic (exact) mass is 575 g/mol. The average molecular weight is 577 g/mol. The molecule has 1 aliphatic rings. The Labute approximate surface area is 218 Å². The second-order valence-electron chi connectivity index (χ2n) is 7.29. The Kier molecular flexibility index (Phi) is 7.78. The molecular weight excluding hydrogens is 561 g/mol. The number of hydrogen-bond acceptors (Lipinski definition) is 5. The van der Waals surface area contributed by atoms with Gasteiger partial charge in [0.15, 0.2) is 5.78 Å². The highest BCUT2D eigenvalue weighted by Crippen LogP contribution is 2.33. The molecule has 1 aliphatic heterocycles. The Morgan fingerprint density at radius 3 is 2.53 bits per heavy atom. The van der Waals surface area contributed by atoms with E-state index in [0.717, 1.165) is 26.7 Å². The lowest BCUT2D eigenvalue weighted by atomic mass is 10.1. The first-order valence-corrected chi connectivity index (χ1v) is 12.4. The summed E-state index contributed by atoms with van der Waals surface area (Å²) in [4.78, 5) is 38.9. The van der Waals surface area contributed by atoms with Gasteiger partial charge in [0.2, 0.25) is 0 Å². The van der Waals surface area contributed by atoms with Gasteiger partial charge < -0.3 is 4.74 Å². The van der Waals surface area contributed by atoms with Gasteiger partial charge in [-0.15, -0.1) is 0 Å². The lowest BCUT2D eigenvalue weighted by molar-refractivity contribution is -0.122. The largest absolute Gasteiger partial charge is 0.489 e. The van der Waals surface area contributed by atoms with Gasteiger partial charge in [-0.25, -0.2) is 0 Å². The van der Waals surface area contributed by atoms with Gasteiger partial charge in [-0.1, -0.05) is 69.5 Å². The second kappa shape index (κ2) is 10.8. The molecular formula is C25H16BrCl2NO4S. The predicted octanol–water partition coefficient (Wildman–Crippen LogP) is 7.25. The highest BCUT2D eigenvalue weighted by Gasteiger charge is 2.36. The number of amides is 2. The molecule has 2 amide bonds. The molecule has 1 fully saturated rings. The molecule has 5 nitrogen and oxygen atoms in total. The Bertz CT molecular complexity index is 1310. The number of ketones is 1. The topological polar surface area (TPSA) is 63.7 Å². The van der Waals surface area contributed by atoms with Crippen LogP contribution in [0.1, 0.15) is 21.5 Å². The minimum atomic E-state index is -0.500. The number of rotatable bonds is 7. The lowest BCUT2D eigenvalue weighted by Gasteiger charge is -2.11. The van der Waals surface area contributed by atoms with Crippen LogP contribution in [0.25, 0.3) is 6.08 Å². The highest BCUT2D eigenvalue weighted by molar-refractivity contribution is 9.10. The molecule has 34 heavy (non-hydrogen) atoms. The van der Waals surface area contributed by atoms with Crippen LogP contribution in [0, 0.1) is 0 Å². The number of benzene rings is 3. The molecule has 0 atom stereocenters. The molecule has 172 valence electrons. The molecule has 0 N–H and O–H groups in total. The van der Waals surface area contributed by atoms with Crippen molar-refractivity contribution in [2.75, 3.05) is 6.54 Å². The SMILES string of the molecule is O=C(CN1C(=O)S/C(=C/c2cccc(OCc3ccc(Cl)cc3Cl)c2)C1=O)c1ccc(Br)cc1. The van der Waals surface area contributed by atoms with E-state index in [4.69, 9.17) is 27.9 Å². The number of carbonyl (C=O) groups excluding carboxylic acids is 3. The number of hydrogen-bond donors (Lipinski definition) is 0. The first-order valence-electron chi connectivity index (χ1n) is 10.0. The zero-order chi connectivity index (χ0) is 24.2. The fraction of sp³-hybridized carbons (Fsp3) is 0.0800. The molecule has 0 saturated carbocycles. The maximum absolute atomic E-state index is 12.8. The number of imide groups is 1. The molecule has 0 aliphatic carbocycles. The Hall–Kier alpha value is -2.58. The van der Waals surface area contributed by atoms with Crippen molar-refractivity contribution in [3.05, 3.63) is 103 Å². The first-order chi connectivity index (χ1) is 16.3. The van der Waals surface area contributed by atoms with E-state index < -0.39 is 11.1 Å². The van der Waals surface area contributed by atoms with Crippen molar-refractivity contribution in [1.82, 2.24) is 4.90 Å². The summed E-state index contributed by atoms with van der Waals surface area (Å²) in [5, 5.41) is 0.574. The Morgan fingerprint density at radius 1 is 1.03 bits per heavy atom. The summed E-state index contributed by atoms with van der Waals surface area (Å²) in [7, 11) is 0. The van der Waals surface area contributed by atoms with E-state index in [9.17, 15) is 14.4 Å². The zero-order valence-electron chi connectivity index (χ0n) is 17.5. The predicted molar refractivity (Wildman–Crippen MR) is 138 cm³/mol. The third-order valence-electron chi connectivity index (χ3n) is 4.91. The second-order valence-corrected chi connectivity index (χ2v) is 10.0. The fourth-order valence-electron chi connectivity index (χ4n) is 3.15. The van der Waals surface area contributed by atoms with Gasteiger partial charge in [0.25, 0.3) is 11.1 Å². The molecule has 0 bridgehead atoms. The van der Waals surface area contributed by atoms with E-state index >= 15 is 0 Å². The first kappa shape index (κ1) is 24.5. The van der Waals surface area contributed by atoms with Gasteiger partial charge in [0, 0.05) is 25.6 Å². The summed E-state index contributed by atoms with van der Waals surface area (Å²) in [5.74, 6) is -0.239. The summed E-state index contributed by atoms with van der Waals surface area (Å²) in [5.41, 5.74) is 1.90. The summed E-state index contributed by atoms with van der Waals surface area (Å²) in [6.07, 6.45) is 1.61. The Balaban J connectivity index is 1.44. The average Bonchev–Trinajstić information content (AvgIpc) is 3.06. The van der Waals surface area contributed by atoms with E-state index in [1.54, 1.807) is 72.8 Å². The van der Waals surface area contributed by atoms with Gasteiger partial charge in [-0.2, -0.15) is 0 Å². The molecule has 0 spiro atoms. The van der Waals surface area contributed by atoms with Crippen LogP contribution >= 0.6 is 50.9 Å². The van der Waals surface area contributed by atoms with Crippen LogP contribution in [0.3, 0.4) is 0 Å². The standard InChI is InChI=1S/C25H16BrCl2NO4S/c26-18-7-4-16(5-8-18)22(30)13-29-24(31)23(34-25(29)32)11-15-2-1-3-20(10-15)33-14-17-6-9-19(27)12-21(17)28/h1-12H,13-14H2/b23-11+. The lowest BCUT2D eigenvalue weighted by Crippen LogP contribution is -2.33. The van der Waals surface area contributed by atoms with Crippen LogP contribution in [0.15, 0.2) is 76.1 Å². The van der Waals surface area contributed by atoms with Gasteiger partial charge in [-0.05, 0) is 59.8 Å². The van der Waals surface area contributed by atoms with E-state index in [2.05, 4.69) is 15.9 Å². The van der Waals surface area contributed by atoms with Crippen molar-refractivity contribution in [3.63, 3.8) is 0 Å². The van der Waals surface area contributed by atoms with Crippen LogP contribution in [0.4, 0.5) is 4.79 Å². The summed E-state index contributed by atoms with van der Waals surface area (Å²) in [6, 6.07) is 19.0. The fourth-order valence-corrected chi connectivity index (χ4v) is 4.72. The third-order valence-corrected chi connectivity index (χ3v) is 6.93. The van der Waals surface area contributed by atoms with Gasteiger partial charge in [-0.3, -0.25) is 19.3 Å². The number of Topliss-reactive ketones (excluding diaryl/α,β-unsaturated/α-hetero) is 1. The number of ether oxygens (including phenoxy) is 1. The molecule has 0 aromatic heterocycles. The minimum absolute atomic E-state index is 0.242. The highest BCUT2D eigenvalue weighted by atomic mass is 79.9. The summed E-state index contributed by atoms with van der Waals surface area (Å²) < 4.78 is 6.66. The van der Waals surface area contributed by atoms with Gasteiger partial charge in [0.05, 0.1) is 11.4 Å². The van der Waals surface area contributed by atoms with E-state index in [1.165, 1.54) is 0 Å². The molecule has 4 rings (SSSR count). The minimum Gasteiger partial charge on any atom is -0.489 e. The maximum Gasteiger partial charge on any atom is 0.293 e. The van der Waals surface area contributed by atoms with Crippen LogP contribution in [0.5, 0.6) is 5.75 Å². The van der Waals surface area contributed by atoms with Crippen molar-refractivity contribution in [2.24, 2.45) is 0 Å². The quantitative estimate of drug-likeness (QED) is 0.219. The van der Waals surface area contributed by atoms with Crippen LogP contribution in [-0.2, 0) is 11.4 Å². The van der Waals surface area contributed by atoms with Crippen LogP contribution < -0.4 is 4.74 Å². The van der Waals surface area contributed by atoms with Crippen molar-refractivity contribution in [3.8, 4) is 5.75 Å². The molecule has 3 aromatic carbocycles. The number of carbonyl (C=O) groups is 3. The smallest absolute Gasteiger partial charge is 0.293 e. The van der Waals surface area contributed by atoms with Crippen molar-refractivity contribution in [1.29, 1.82) is 0 Å². The van der Waals surface area contributed by atoms with Crippen LogP contribution in [-0.4, -0.2) is 28.4 Å². The molecule has 9 heteroatoms. The zero-order valence-corrected chi connectivity index (χ0v) is 21.4. The summed E-state index contributed by atoms with van der Waals surface area (Å²) in [6.45, 7) is -0.0667. The van der Waals surface area contributed by atoms with Crippen molar-refractivity contribution < 1.29 is 19.1 Å². The number of thioether (sulfide) groups is 1. The third kappa shape index (κ3) is 5.91. The Morgan fingerprint density at radius 2 is 1.79 bits per heavy atom. The van der Waals surface area contributed by atoms with E-state index in [0.29, 0.717) is 26.9 Å². The maximum atomic E-state index is 12.8. The van der Waals surface area contributed by atoms with E-state index in [1.807, 2.05) is 0 Å². The van der Waals surface area contributed by atoms with Crippen LogP contribution in [0.2, 0.25) is 10.0 Å². The van der Waals surface area contributed by atoms with Crippen molar-refractivity contribution in [2.45, 2.75) is 6.61 Å². The number of nitrogens with zero attached hydrogens (tertiary/aromatic N) is 1. The summed E-state index contributed by atoms with van der Waals surface area (Å²) >= 11 is 16.2. The molecule has 0 radical (unpaired) electrons. The molecule has 1 saturated heterocycles. The normalized spacial score (nSPS) is 14.7. The van der Waals surface area contributed by atoms with Crippen molar-refractivity contribution >= 4 is 73.9 Å². The molecule has 0 unspecified atom stereocenters.